The van der Waals surface area contributed by atoms with Crippen molar-refractivity contribution < 1.29 is 14.3 Å². The molecule has 3 N–H and O–H groups in total. The summed E-state index contributed by atoms with van der Waals surface area (Å²) in [6.07, 6.45) is 0. The van der Waals surface area contributed by atoms with Crippen molar-refractivity contribution >= 4 is 50.4 Å². The van der Waals surface area contributed by atoms with Gasteiger partial charge in [-0.2, -0.15) is 0 Å². The van der Waals surface area contributed by atoms with Crippen molar-refractivity contribution in [1.29, 1.82) is 0 Å². The molecule has 0 saturated heterocycles. The molecule has 2 heterocycles. The average Bonchev–Trinajstić information content (AvgIpc) is 3.26. The lowest BCUT2D eigenvalue weighted by molar-refractivity contribution is 0.103. The number of amides is 1. The lowest BCUT2D eigenvalue weighted by Gasteiger charge is -2.10. The van der Waals surface area contributed by atoms with E-state index >= 15 is 0 Å². The maximum atomic E-state index is 13.2. The standard InChI is InChI=1S/C28H22ClN3O3S/c1-34-20-11-3-16(4-12-20)22-15-23(17-5-13-21(35-2)14-6-17)32-28-24(22)25(30)26(36-28)27(33)31-19-9-7-18(29)8-10-19/h3-15H,30H2,1-2H3,(H,31,33). The van der Waals surface area contributed by atoms with Crippen LogP contribution in [0.1, 0.15) is 9.67 Å². The molecule has 0 bridgehead atoms. The van der Waals surface area contributed by atoms with Crippen molar-refractivity contribution in [2.45, 2.75) is 0 Å². The van der Waals surface area contributed by atoms with E-state index in [1.165, 1.54) is 11.3 Å². The van der Waals surface area contributed by atoms with Crippen LogP contribution in [-0.4, -0.2) is 25.1 Å². The number of nitrogens with zero attached hydrogens (tertiary/aromatic N) is 1. The molecular weight excluding hydrogens is 494 g/mol. The van der Waals surface area contributed by atoms with Gasteiger partial charge in [0.25, 0.3) is 5.91 Å². The first-order valence-electron chi connectivity index (χ1n) is 11.1. The molecule has 0 radical (unpaired) electrons. The fourth-order valence-corrected chi connectivity index (χ4v) is 5.06. The van der Waals surface area contributed by atoms with Crippen LogP contribution in [-0.2, 0) is 0 Å². The van der Waals surface area contributed by atoms with E-state index in [0.29, 0.717) is 26.1 Å². The smallest absolute Gasteiger partial charge is 0.267 e. The van der Waals surface area contributed by atoms with Crippen LogP contribution in [0.3, 0.4) is 0 Å². The van der Waals surface area contributed by atoms with Crippen LogP contribution in [0, 0.1) is 0 Å². The summed E-state index contributed by atoms with van der Waals surface area (Å²) in [7, 11) is 3.26. The number of hydrogen-bond donors (Lipinski definition) is 2. The van der Waals surface area contributed by atoms with E-state index in [2.05, 4.69) is 5.32 Å². The highest BCUT2D eigenvalue weighted by molar-refractivity contribution is 7.21. The first-order valence-corrected chi connectivity index (χ1v) is 12.2. The van der Waals surface area contributed by atoms with Crippen molar-refractivity contribution in [3.8, 4) is 33.9 Å². The number of carbonyl (C=O) groups is 1. The predicted octanol–water partition coefficient (Wildman–Crippen LogP) is 7.14. The second-order valence-corrected chi connectivity index (χ2v) is 9.43. The van der Waals surface area contributed by atoms with Crippen LogP contribution < -0.4 is 20.5 Å². The maximum Gasteiger partial charge on any atom is 0.267 e. The molecule has 0 aliphatic heterocycles. The fraction of sp³-hybridized carbons (Fsp3) is 0.0714. The molecule has 0 fully saturated rings. The normalized spacial score (nSPS) is 10.9. The summed E-state index contributed by atoms with van der Waals surface area (Å²) in [5.41, 5.74) is 11.1. The number of thiophene rings is 1. The molecule has 0 aliphatic carbocycles. The maximum absolute atomic E-state index is 13.2. The van der Waals surface area contributed by atoms with E-state index < -0.39 is 0 Å². The van der Waals surface area contributed by atoms with E-state index in [4.69, 9.17) is 31.8 Å². The van der Waals surface area contributed by atoms with Crippen LogP contribution in [0.5, 0.6) is 11.5 Å². The van der Waals surface area contributed by atoms with E-state index in [9.17, 15) is 4.79 Å². The van der Waals surface area contributed by atoms with E-state index in [-0.39, 0.29) is 5.91 Å². The van der Waals surface area contributed by atoms with Gasteiger partial charge in [-0.1, -0.05) is 23.7 Å². The SMILES string of the molecule is COc1ccc(-c2cc(-c3ccc(OC)cc3)c3c(N)c(C(=O)Nc4ccc(Cl)cc4)sc3n2)cc1. The van der Waals surface area contributed by atoms with Gasteiger partial charge in [0.2, 0.25) is 0 Å². The molecule has 0 saturated carbocycles. The number of pyridine rings is 1. The van der Waals surface area contributed by atoms with Gasteiger partial charge in [-0.25, -0.2) is 4.98 Å². The fourth-order valence-electron chi connectivity index (χ4n) is 3.92. The Kier molecular flexibility index (Phi) is 6.50. The van der Waals surface area contributed by atoms with Crippen molar-refractivity contribution in [3.63, 3.8) is 0 Å². The number of nitrogens with one attached hydrogen (secondary N) is 1. The number of ether oxygens (including phenoxy) is 2. The summed E-state index contributed by atoms with van der Waals surface area (Å²) in [5.74, 6) is 1.21. The van der Waals surface area contributed by atoms with Gasteiger partial charge >= 0.3 is 0 Å². The lowest BCUT2D eigenvalue weighted by Crippen LogP contribution is -2.11. The Balaban J connectivity index is 1.64. The lowest BCUT2D eigenvalue weighted by atomic mass is 9.99. The summed E-state index contributed by atoms with van der Waals surface area (Å²) >= 11 is 7.23. The van der Waals surface area contributed by atoms with Gasteiger partial charge in [-0.15, -0.1) is 11.3 Å². The van der Waals surface area contributed by atoms with Crippen molar-refractivity contribution in [2.24, 2.45) is 0 Å². The monoisotopic (exact) mass is 515 g/mol. The zero-order chi connectivity index (χ0) is 25.2. The Hall–Kier alpha value is -4.07. The second kappa shape index (κ2) is 9.89. The van der Waals surface area contributed by atoms with Gasteiger partial charge in [0.05, 0.1) is 25.6 Å². The number of aromatic nitrogens is 1. The Bertz CT molecular complexity index is 1550. The number of anilines is 2. The van der Waals surface area contributed by atoms with Gasteiger partial charge in [0, 0.05) is 21.7 Å². The summed E-state index contributed by atoms with van der Waals surface area (Å²) in [6, 6.07) is 24.3. The van der Waals surface area contributed by atoms with Gasteiger partial charge in [0.15, 0.2) is 0 Å². The largest absolute Gasteiger partial charge is 0.497 e. The Morgan fingerprint density at radius 2 is 1.47 bits per heavy atom. The number of nitrogens with two attached hydrogens (primary N) is 1. The van der Waals surface area contributed by atoms with Gasteiger partial charge < -0.3 is 20.5 Å². The number of rotatable bonds is 6. The molecule has 5 rings (SSSR count). The van der Waals surface area contributed by atoms with Crippen molar-refractivity contribution in [3.05, 3.63) is 88.8 Å². The number of fused-ring (bicyclic) bond motifs is 1. The second-order valence-electron chi connectivity index (χ2n) is 8.00. The molecule has 36 heavy (non-hydrogen) atoms. The van der Waals surface area contributed by atoms with Crippen LogP contribution in [0.25, 0.3) is 32.6 Å². The Morgan fingerprint density at radius 3 is 2.06 bits per heavy atom. The van der Waals surface area contributed by atoms with Crippen LogP contribution in [0.2, 0.25) is 5.02 Å². The molecule has 180 valence electrons. The molecule has 8 heteroatoms. The highest BCUT2D eigenvalue weighted by Gasteiger charge is 2.22. The summed E-state index contributed by atoms with van der Waals surface area (Å²) < 4.78 is 10.6. The molecule has 0 unspecified atom stereocenters. The minimum Gasteiger partial charge on any atom is -0.497 e. The number of carbonyl (C=O) groups excluding carboxylic acids is 1. The van der Waals surface area contributed by atoms with Crippen molar-refractivity contribution in [2.75, 3.05) is 25.3 Å². The van der Waals surface area contributed by atoms with Gasteiger partial charge in [0.1, 0.15) is 21.2 Å². The molecule has 0 atom stereocenters. The number of halogens is 1. The van der Waals surface area contributed by atoms with Gasteiger partial charge in [-0.05, 0) is 77.9 Å². The van der Waals surface area contributed by atoms with Crippen LogP contribution >= 0.6 is 22.9 Å². The minimum atomic E-state index is -0.301. The zero-order valence-electron chi connectivity index (χ0n) is 19.5. The number of hydrogen-bond acceptors (Lipinski definition) is 6. The van der Waals surface area contributed by atoms with E-state index in [1.54, 1.807) is 38.5 Å². The molecule has 3 aromatic carbocycles. The number of methoxy groups -OCH3 is 2. The molecule has 6 nitrogen and oxygen atoms in total. The molecule has 5 aromatic rings. The van der Waals surface area contributed by atoms with E-state index in [0.717, 1.165) is 39.3 Å². The minimum absolute atomic E-state index is 0.301. The summed E-state index contributed by atoms with van der Waals surface area (Å²) in [6.45, 7) is 0. The molecule has 0 spiro atoms. The third-order valence-corrected chi connectivity index (χ3v) is 7.14. The molecule has 1 amide bonds. The molecule has 0 aliphatic rings. The zero-order valence-corrected chi connectivity index (χ0v) is 21.1. The third kappa shape index (κ3) is 4.58. The summed E-state index contributed by atoms with van der Waals surface area (Å²) in [4.78, 5) is 19.1. The quantitative estimate of drug-likeness (QED) is 0.251. The summed E-state index contributed by atoms with van der Waals surface area (Å²) in [5, 5.41) is 4.23. The van der Waals surface area contributed by atoms with Crippen molar-refractivity contribution in [1.82, 2.24) is 4.98 Å². The Morgan fingerprint density at radius 1 is 0.889 bits per heavy atom. The first kappa shape index (κ1) is 23.7. The molecule has 2 aromatic heterocycles. The van der Waals surface area contributed by atoms with Gasteiger partial charge in [-0.3, -0.25) is 4.79 Å². The number of benzene rings is 3. The van der Waals surface area contributed by atoms with Crippen LogP contribution in [0.4, 0.5) is 11.4 Å². The van der Waals surface area contributed by atoms with Crippen LogP contribution in [0.15, 0.2) is 78.9 Å². The first-order chi connectivity index (χ1) is 17.5. The third-order valence-electron chi connectivity index (χ3n) is 5.79. The van der Waals surface area contributed by atoms with E-state index in [1.807, 2.05) is 54.6 Å². The molecular formula is C28H22ClN3O3S. The highest BCUT2D eigenvalue weighted by atomic mass is 35.5. The number of nitrogen functional groups attached to an aromatic ring is 1. The topological polar surface area (TPSA) is 86.5 Å². The Labute approximate surface area is 217 Å². The average molecular weight is 516 g/mol. The predicted molar refractivity (Wildman–Crippen MR) is 147 cm³/mol. The highest BCUT2D eigenvalue weighted by Crippen LogP contribution is 2.42.